The first-order valence-electron chi connectivity index (χ1n) is 14.1. The third-order valence-electron chi connectivity index (χ3n) is 7.63. The average molecular weight is 604 g/mol. The fourth-order valence-corrected chi connectivity index (χ4v) is 5.13. The molecule has 2 aliphatic rings. The van der Waals surface area contributed by atoms with Crippen molar-refractivity contribution in [3.63, 3.8) is 0 Å². The van der Waals surface area contributed by atoms with Gasteiger partial charge >= 0.3 is 13.3 Å². The fraction of sp³-hybridized carbons (Fsp3) is 0.464. The standard InChI is InChI=1S/C28H36BF3N6O5/c30-28(31,32)18-3-1-17(2-4-18)15-23(37-25(40)22(35)7-8-24(39)38(13-11-33)14-12-34)26(41)36-19-5-6-20-21(16-19)29(42)43-27(20)9-10-27/h1-6,16,22-23,42H,7-15,33-35H2,(H,36,41)(H,37,40). The first-order valence-corrected chi connectivity index (χ1v) is 14.1. The van der Waals surface area contributed by atoms with Crippen LogP contribution in [0.2, 0.25) is 0 Å². The summed E-state index contributed by atoms with van der Waals surface area (Å²) in [4.78, 5) is 40.4. The predicted octanol–water partition coefficient (Wildman–Crippen LogP) is -0.0683. The van der Waals surface area contributed by atoms with Crippen molar-refractivity contribution in [3.8, 4) is 0 Å². The Kier molecular flexibility index (Phi) is 10.1. The van der Waals surface area contributed by atoms with E-state index in [-0.39, 0.29) is 38.3 Å². The smallest absolute Gasteiger partial charge is 0.423 e. The lowest BCUT2D eigenvalue weighted by Crippen LogP contribution is -2.51. The maximum absolute atomic E-state index is 13.4. The monoisotopic (exact) mass is 604 g/mol. The Balaban J connectivity index is 1.46. The van der Waals surface area contributed by atoms with Crippen LogP contribution in [0.4, 0.5) is 18.9 Å². The Morgan fingerprint density at radius 2 is 1.70 bits per heavy atom. The number of fused-ring (bicyclic) bond motifs is 2. The van der Waals surface area contributed by atoms with Gasteiger partial charge in [-0.3, -0.25) is 14.4 Å². The van der Waals surface area contributed by atoms with E-state index in [4.69, 9.17) is 21.9 Å². The van der Waals surface area contributed by atoms with Gasteiger partial charge in [0, 0.05) is 44.7 Å². The van der Waals surface area contributed by atoms with Gasteiger partial charge in [0.1, 0.15) is 6.04 Å². The number of nitrogens with two attached hydrogens (primary N) is 3. The van der Waals surface area contributed by atoms with Crippen LogP contribution in [-0.2, 0) is 37.2 Å². The van der Waals surface area contributed by atoms with Gasteiger partial charge in [0.25, 0.3) is 0 Å². The van der Waals surface area contributed by atoms with Crippen molar-refractivity contribution in [1.82, 2.24) is 10.2 Å². The Morgan fingerprint density at radius 3 is 2.28 bits per heavy atom. The molecule has 2 aromatic carbocycles. The van der Waals surface area contributed by atoms with Gasteiger partial charge in [0.15, 0.2) is 0 Å². The van der Waals surface area contributed by atoms with Crippen LogP contribution >= 0.6 is 0 Å². The number of nitrogens with zero attached hydrogens (tertiary/aromatic N) is 1. The molecule has 0 radical (unpaired) electrons. The third kappa shape index (κ3) is 7.92. The average Bonchev–Trinajstić information content (AvgIpc) is 3.69. The van der Waals surface area contributed by atoms with Gasteiger partial charge in [-0.05, 0) is 60.1 Å². The molecule has 2 unspecified atom stereocenters. The van der Waals surface area contributed by atoms with Crippen LogP contribution in [-0.4, -0.2) is 73.0 Å². The molecule has 4 rings (SSSR count). The fourth-order valence-electron chi connectivity index (χ4n) is 5.13. The Labute approximate surface area is 247 Å². The number of carbonyl (C=O) groups is 3. The SMILES string of the molecule is NCCN(CCN)C(=O)CCC(N)C(=O)NC(Cc1ccc(C(F)(F)F)cc1)C(=O)Nc1ccc2c(c1)B(O)OC21CC1. The Hall–Kier alpha value is -3.50. The summed E-state index contributed by atoms with van der Waals surface area (Å²) in [5.74, 6) is -1.63. The molecule has 9 N–H and O–H groups in total. The van der Waals surface area contributed by atoms with E-state index < -0.39 is 48.4 Å². The minimum atomic E-state index is -4.53. The van der Waals surface area contributed by atoms with E-state index in [1.54, 1.807) is 18.2 Å². The first-order chi connectivity index (χ1) is 20.4. The van der Waals surface area contributed by atoms with Crippen molar-refractivity contribution >= 4 is 36.0 Å². The zero-order chi connectivity index (χ0) is 31.4. The second-order valence-electron chi connectivity index (χ2n) is 10.8. The number of rotatable bonds is 13. The van der Waals surface area contributed by atoms with Gasteiger partial charge in [-0.25, -0.2) is 0 Å². The maximum atomic E-state index is 13.4. The highest BCUT2D eigenvalue weighted by Gasteiger charge is 2.55. The molecule has 15 heteroatoms. The molecule has 1 spiro atoms. The van der Waals surface area contributed by atoms with E-state index >= 15 is 0 Å². The van der Waals surface area contributed by atoms with Gasteiger partial charge in [-0.15, -0.1) is 0 Å². The Bertz CT molecular complexity index is 1320. The second-order valence-corrected chi connectivity index (χ2v) is 10.8. The van der Waals surface area contributed by atoms with Crippen LogP contribution in [0, 0.1) is 0 Å². The van der Waals surface area contributed by atoms with Crippen molar-refractivity contribution in [1.29, 1.82) is 0 Å². The summed E-state index contributed by atoms with van der Waals surface area (Å²) >= 11 is 0. The van der Waals surface area contributed by atoms with Crippen LogP contribution in [0.1, 0.15) is 42.4 Å². The van der Waals surface area contributed by atoms with Crippen LogP contribution in [0.25, 0.3) is 0 Å². The molecule has 3 amide bonds. The molecule has 1 saturated carbocycles. The molecule has 2 atom stereocenters. The van der Waals surface area contributed by atoms with E-state index in [9.17, 15) is 32.6 Å². The highest BCUT2D eigenvalue weighted by molar-refractivity contribution is 6.62. The van der Waals surface area contributed by atoms with E-state index in [0.29, 0.717) is 29.8 Å². The number of hydrogen-bond acceptors (Lipinski definition) is 8. The first kappa shape index (κ1) is 32.4. The number of carbonyl (C=O) groups excluding carboxylic acids is 3. The van der Waals surface area contributed by atoms with Gasteiger partial charge in [0.2, 0.25) is 17.7 Å². The van der Waals surface area contributed by atoms with Crippen molar-refractivity contribution in [2.24, 2.45) is 17.2 Å². The lowest BCUT2D eigenvalue weighted by molar-refractivity contribution is -0.137. The summed E-state index contributed by atoms with van der Waals surface area (Å²) in [5.41, 5.74) is 17.9. The predicted molar refractivity (Wildman–Crippen MR) is 154 cm³/mol. The van der Waals surface area contributed by atoms with Crippen molar-refractivity contribution in [2.75, 3.05) is 31.5 Å². The molecular formula is C28H36BF3N6O5. The molecule has 0 saturated heterocycles. The molecule has 0 bridgehead atoms. The highest BCUT2D eigenvalue weighted by atomic mass is 19.4. The molecule has 2 aromatic rings. The largest absolute Gasteiger partial charge is 0.492 e. The van der Waals surface area contributed by atoms with Gasteiger partial charge in [-0.2, -0.15) is 13.2 Å². The number of amides is 3. The molecule has 1 aliphatic carbocycles. The van der Waals surface area contributed by atoms with E-state index in [1.807, 2.05) is 0 Å². The molecule has 1 heterocycles. The summed E-state index contributed by atoms with van der Waals surface area (Å²) < 4.78 is 44.8. The van der Waals surface area contributed by atoms with Crippen LogP contribution in [0.3, 0.4) is 0 Å². The number of anilines is 1. The van der Waals surface area contributed by atoms with Crippen LogP contribution in [0.15, 0.2) is 42.5 Å². The molecule has 1 fully saturated rings. The third-order valence-corrected chi connectivity index (χ3v) is 7.63. The normalized spacial score (nSPS) is 16.4. The van der Waals surface area contributed by atoms with Gasteiger partial charge in [0.05, 0.1) is 17.2 Å². The molecule has 0 aromatic heterocycles. The minimum absolute atomic E-state index is 0.0185. The quantitative estimate of drug-likeness (QED) is 0.172. The highest BCUT2D eigenvalue weighted by Crippen LogP contribution is 2.51. The second kappa shape index (κ2) is 13.4. The molecule has 1 aliphatic heterocycles. The summed E-state index contributed by atoms with van der Waals surface area (Å²) in [6.45, 7) is 1.10. The number of benzene rings is 2. The van der Waals surface area contributed by atoms with Gasteiger partial charge < -0.3 is 42.4 Å². The van der Waals surface area contributed by atoms with Crippen LogP contribution < -0.4 is 33.3 Å². The van der Waals surface area contributed by atoms with E-state index in [1.165, 1.54) is 17.0 Å². The van der Waals surface area contributed by atoms with Crippen molar-refractivity contribution in [2.45, 2.75) is 56.0 Å². The summed E-state index contributed by atoms with van der Waals surface area (Å²) in [6.07, 6.45) is -3.16. The topological polar surface area (TPSA) is 186 Å². The number of halogens is 3. The molecule has 43 heavy (non-hydrogen) atoms. The molecule has 11 nitrogen and oxygen atoms in total. The summed E-state index contributed by atoms with van der Waals surface area (Å²) in [7, 11) is -1.14. The molecule has 232 valence electrons. The van der Waals surface area contributed by atoms with E-state index in [0.717, 1.165) is 30.5 Å². The molecular weight excluding hydrogens is 568 g/mol. The summed E-state index contributed by atoms with van der Waals surface area (Å²) in [5, 5.41) is 15.6. The lowest BCUT2D eigenvalue weighted by atomic mass is 9.79. The Morgan fingerprint density at radius 1 is 1.05 bits per heavy atom. The van der Waals surface area contributed by atoms with E-state index in [2.05, 4.69) is 10.6 Å². The zero-order valence-corrected chi connectivity index (χ0v) is 23.5. The number of alkyl halides is 3. The van der Waals surface area contributed by atoms with Crippen molar-refractivity contribution in [3.05, 3.63) is 59.2 Å². The zero-order valence-electron chi connectivity index (χ0n) is 23.5. The minimum Gasteiger partial charge on any atom is -0.423 e. The van der Waals surface area contributed by atoms with Crippen molar-refractivity contribution < 1.29 is 37.2 Å². The lowest BCUT2D eigenvalue weighted by Gasteiger charge is -2.23. The number of hydrogen-bond donors (Lipinski definition) is 6. The van der Waals surface area contributed by atoms with Gasteiger partial charge in [-0.1, -0.05) is 18.2 Å². The summed E-state index contributed by atoms with van der Waals surface area (Å²) in [6, 6.07) is 6.90. The number of nitrogens with one attached hydrogen (secondary N) is 2. The van der Waals surface area contributed by atoms with Crippen LogP contribution in [0.5, 0.6) is 0 Å². The maximum Gasteiger partial charge on any atom is 0.492 e.